The second kappa shape index (κ2) is 5.63. The maximum Gasteiger partial charge on any atom is 0.268 e. The third-order valence-corrected chi connectivity index (χ3v) is 5.98. The second-order valence-corrected chi connectivity index (χ2v) is 7.57. The number of hydrogen-bond donors (Lipinski definition) is 0. The summed E-state index contributed by atoms with van der Waals surface area (Å²) in [5, 5.41) is 0. The molecule has 0 saturated carbocycles. The van der Waals surface area contributed by atoms with Crippen LogP contribution in [0.25, 0.3) is 11.3 Å². The zero-order valence-electron chi connectivity index (χ0n) is 13.0. The molecule has 25 heavy (non-hydrogen) atoms. The Kier molecular flexibility index (Phi) is 3.54. The van der Waals surface area contributed by atoms with E-state index in [-0.39, 0.29) is 17.1 Å². The van der Waals surface area contributed by atoms with E-state index in [0.717, 1.165) is 10.0 Å². The fraction of sp³-hybridized carbons (Fsp3) is 0.111. The number of carbonyl (C=O) groups is 1. The molecule has 0 saturated heterocycles. The van der Waals surface area contributed by atoms with Crippen molar-refractivity contribution in [2.24, 2.45) is 0 Å². The zero-order chi connectivity index (χ0) is 17.6. The van der Waals surface area contributed by atoms with Crippen LogP contribution in [0, 0.1) is 5.82 Å². The van der Waals surface area contributed by atoms with Gasteiger partial charge in [0.1, 0.15) is 5.82 Å². The maximum absolute atomic E-state index is 13.6. The van der Waals surface area contributed by atoms with E-state index in [2.05, 4.69) is 4.98 Å². The highest BCUT2D eigenvalue weighted by atomic mass is 32.2. The number of benzene rings is 1. The normalized spacial score (nSPS) is 13.9. The van der Waals surface area contributed by atoms with Gasteiger partial charge in [0.05, 0.1) is 10.6 Å². The Hall–Kier alpha value is -2.80. The van der Waals surface area contributed by atoms with Crippen molar-refractivity contribution in [1.82, 2.24) is 8.96 Å². The lowest BCUT2D eigenvalue weighted by molar-refractivity contribution is 0.0994. The molecule has 4 rings (SSSR count). The van der Waals surface area contributed by atoms with E-state index < -0.39 is 15.8 Å². The molecular formula is C18H13FN2O3S. The number of fused-ring (bicyclic) bond motifs is 1. The Morgan fingerprint density at radius 2 is 1.92 bits per heavy atom. The van der Waals surface area contributed by atoms with Crippen molar-refractivity contribution in [3.63, 3.8) is 0 Å². The molecule has 1 aliphatic rings. The average Bonchev–Trinajstić information content (AvgIpc) is 3.16. The van der Waals surface area contributed by atoms with Gasteiger partial charge in [0.15, 0.2) is 5.78 Å². The summed E-state index contributed by atoms with van der Waals surface area (Å²) in [6, 6.07) is 9.85. The van der Waals surface area contributed by atoms with Crippen LogP contribution in [0.5, 0.6) is 0 Å². The smallest absolute Gasteiger partial charge is 0.268 e. The predicted octanol–water partition coefficient (Wildman–Crippen LogP) is 3.06. The molecule has 0 spiro atoms. The van der Waals surface area contributed by atoms with E-state index in [1.165, 1.54) is 24.4 Å². The van der Waals surface area contributed by atoms with E-state index in [4.69, 9.17) is 0 Å². The molecule has 1 aromatic carbocycles. The monoisotopic (exact) mass is 356 g/mol. The molecule has 0 fully saturated rings. The molecule has 7 heteroatoms. The Labute approximate surface area is 143 Å². The van der Waals surface area contributed by atoms with E-state index in [1.54, 1.807) is 24.4 Å². The summed E-state index contributed by atoms with van der Waals surface area (Å²) in [7, 11) is -4.05. The van der Waals surface area contributed by atoms with Crippen LogP contribution in [-0.4, -0.2) is 23.2 Å². The van der Waals surface area contributed by atoms with Gasteiger partial charge in [-0.05, 0) is 42.8 Å². The van der Waals surface area contributed by atoms with Crippen LogP contribution in [0.1, 0.15) is 22.5 Å². The molecule has 0 unspecified atom stereocenters. The van der Waals surface area contributed by atoms with Crippen molar-refractivity contribution in [2.75, 3.05) is 0 Å². The number of pyridine rings is 1. The van der Waals surface area contributed by atoms with Crippen LogP contribution in [0.4, 0.5) is 4.39 Å². The summed E-state index contributed by atoms with van der Waals surface area (Å²) in [5.41, 5.74) is 1.77. The first-order valence-electron chi connectivity index (χ1n) is 7.68. The first-order valence-corrected chi connectivity index (χ1v) is 9.12. The molecule has 0 radical (unpaired) electrons. The highest BCUT2D eigenvalue weighted by molar-refractivity contribution is 7.90. The third kappa shape index (κ3) is 2.47. The molecule has 2 heterocycles. The van der Waals surface area contributed by atoms with Crippen LogP contribution in [0.3, 0.4) is 0 Å². The minimum atomic E-state index is -4.05. The molecule has 0 N–H and O–H groups in total. The van der Waals surface area contributed by atoms with Gasteiger partial charge < -0.3 is 0 Å². The lowest BCUT2D eigenvalue weighted by Crippen LogP contribution is -2.17. The van der Waals surface area contributed by atoms with E-state index in [9.17, 15) is 17.6 Å². The van der Waals surface area contributed by atoms with Crippen molar-refractivity contribution in [2.45, 2.75) is 17.7 Å². The SMILES string of the molecule is O=C1CCc2c1cc(-c1cccnc1)n2S(=O)(=O)c1cccc(F)c1. The number of aromatic nitrogens is 2. The molecule has 3 aromatic rings. The molecular weight excluding hydrogens is 343 g/mol. The van der Waals surface area contributed by atoms with Gasteiger partial charge in [-0.3, -0.25) is 9.78 Å². The first kappa shape index (κ1) is 15.7. The summed E-state index contributed by atoms with van der Waals surface area (Å²) in [6.45, 7) is 0. The van der Waals surface area contributed by atoms with Crippen molar-refractivity contribution in [3.05, 3.63) is 71.9 Å². The van der Waals surface area contributed by atoms with Gasteiger partial charge in [0, 0.05) is 35.6 Å². The van der Waals surface area contributed by atoms with Crippen LogP contribution >= 0.6 is 0 Å². The maximum atomic E-state index is 13.6. The van der Waals surface area contributed by atoms with Gasteiger partial charge in [-0.1, -0.05) is 6.07 Å². The minimum Gasteiger partial charge on any atom is -0.294 e. The summed E-state index contributed by atoms with van der Waals surface area (Å²) >= 11 is 0. The van der Waals surface area contributed by atoms with Gasteiger partial charge in [-0.25, -0.2) is 16.8 Å². The Morgan fingerprint density at radius 3 is 2.64 bits per heavy atom. The quantitative estimate of drug-likeness (QED) is 0.723. The second-order valence-electron chi connectivity index (χ2n) is 5.78. The summed E-state index contributed by atoms with van der Waals surface area (Å²) < 4.78 is 41.1. The first-order chi connectivity index (χ1) is 12.0. The van der Waals surface area contributed by atoms with Gasteiger partial charge in [-0.15, -0.1) is 0 Å². The molecule has 2 aromatic heterocycles. The fourth-order valence-electron chi connectivity index (χ4n) is 3.10. The summed E-state index contributed by atoms with van der Waals surface area (Å²) in [4.78, 5) is 16.0. The largest absolute Gasteiger partial charge is 0.294 e. The molecule has 0 atom stereocenters. The Bertz CT molecular complexity index is 1090. The van der Waals surface area contributed by atoms with Crippen molar-refractivity contribution in [1.29, 1.82) is 0 Å². The Balaban J connectivity index is 2.01. The Morgan fingerprint density at radius 1 is 1.08 bits per heavy atom. The molecule has 1 aliphatic carbocycles. The third-order valence-electron chi connectivity index (χ3n) is 4.24. The van der Waals surface area contributed by atoms with E-state index >= 15 is 0 Å². The van der Waals surface area contributed by atoms with Crippen LogP contribution < -0.4 is 0 Å². The van der Waals surface area contributed by atoms with Gasteiger partial charge >= 0.3 is 0 Å². The van der Waals surface area contributed by atoms with Crippen LogP contribution in [-0.2, 0) is 16.4 Å². The number of halogens is 1. The van der Waals surface area contributed by atoms with E-state index in [0.29, 0.717) is 28.9 Å². The number of carbonyl (C=O) groups excluding carboxylic acids is 1. The minimum absolute atomic E-state index is 0.0895. The number of ketones is 1. The molecule has 0 aliphatic heterocycles. The van der Waals surface area contributed by atoms with Crippen molar-refractivity contribution < 1.29 is 17.6 Å². The number of Topliss-reactive ketones (excluding diaryl/α,β-unsaturated/α-hetero) is 1. The van der Waals surface area contributed by atoms with Crippen molar-refractivity contribution >= 4 is 15.8 Å². The lowest BCUT2D eigenvalue weighted by Gasteiger charge is -2.13. The molecule has 5 nitrogen and oxygen atoms in total. The standard InChI is InChI=1S/C18H13FN2O3S/c19-13-4-1-5-14(9-13)25(23,24)21-16-6-7-18(22)15(16)10-17(21)12-3-2-8-20-11-12/h1-5,8-11H,6-7H2. The molecule has 0 amide bonds. The van der Waals surface area contributed by atoms with Gasteiger partial charge in [0.2, 0.25) is 0 Å². The number of nitrogens with zero attached hydrogens (tertiary/aromatic N) is 2. The molecule has 0 bridgehead atoms. The molecule has 126 valence electrons. The summed E-state index contributed by atoms with van der Waals surface area (Å²) in [5.74, 6) is -0.725. The average molecular weight is 356 g/mol. The van der Waals surface area contributed by atoms with Crippen LogP contribution in [0.15, 0.2) is 59.8 Å². The number of hydrogen-bond acceptors (Lipinski definition) is 4. The fourth-order valence-corrected chi connectivity index (χ4v) is 4.72. The van der Waals surface area contributed by atoms with Gasteiger partial charge in [0.25, 0.3) is 10.0 Å². The topological polar surface area (TPSA) is 69.0 Å². The van der Waals surface area contributed by atoms with Crippen molar-refractivity contribution in [3.8, 4) is 11.3 Å². The highest BCUT2D eigenvalue weighted by Gasteiger charge is 2.32. The number of rotatable bonds is 3. The van der Waals surface area contributed by atoms with Gasteiger partial charge in [-0.2, -0.15) is 0 Å². The van der Waals surface area contributed by atoms with Crippen LogP contribution in [0.2, 0.25) is 0 Å². The lowest BCUT2D eigenvalue weighted by atomic mass is 10.2. The van der Waals surface area contributed by atoms with E-state index in [1.807, 2.05) is 0 Å². The summed E-state index contributed by atoms with van der Waals surface area (Å²) in [6.07, 6.45) is 3.73. The predicted molar refractivity (Wildman–Crippen MR) is 89.3 cm³/mol. The highest BCUT2D eigenvalue weighted by Crippen LogP contribution is 2.34. The zero-order valence-corrected chi connectivity index (χ0v) is 13.8.